The van der Waals surface area contributed by atoms with E-state index < -0.39 is 11.3 Å². The van der Waals surface area contributed by atoms with Crippen molar-refractivity contribution in [3.63, 3.8) is 0 Å². The number of carbonyl (C=O) groups is 2. The van der Waals surface area contributed by atoms with Gasteiger partial charge in [0.2, 0.25) is 17.7 Å². The Kier molecular flexibility index (Phi) is 9.12. The normalized spacial score (nSPS) is 11.3. The molecule has 0 radical (unpaired) electrons. The molecule has 0 fully saturated rings. The first kappa shape index (κ1) is 27.9. The van der Waals surface area contributed by atoms with E-state index in [-0.39, 0.29) is 42.5 Å². The number of benzene rings is 1. The zero-order chi connectivity index (χ0) is 27.2. The van der Waals surface area contributed by atoms with Gasteiger partial charge in [0.05, 0.1) is 29.6 Å². The maximum atomic E-state index is 13.3. The summed E-state index contributed by atoms with van der Waals surface area (Å²) in [6, 6.07) is 10.7. The number of amides is 2. The maximum absolute atomic E-state index is 13.3. The van der Waals surface area contributed by atoms with Gasteiger partial charge in [0, 0.05) is 33.2 Å². The van der Waals surface area contributed by atoms with E-state index >= 15 is 0 Å². The molecule has 0 saturated carbocycles. The van der Waals surface area contributed by atoms with Crippen LogP contribution in [0.5, 0.6) is 5.88 Å². The first-order chi connectivity index (χ1) is 17.6. The van der Waals surface area contributed by atoms with Crippen LogP contribution in [0.4, 0.5) is 11.4 Å². The molecule has 0 aliphatic rings. The van der Waals surface area contributed by atoms with Crippen LogP contribution in [-0.4, -0.2) is 39.9 Å². The minimum Gasteiger partial charge on any atom is -0.476 e. The van der Waals surface area contributed by atoms with Gasteiger partial charge < -0.3 is 20.1 Å². The number of nitrogens with zero attached hydrogens (tertiary/aromatic N) is 3. The number of para-hydroxylation sites is 1. The molecule has 37 heavy (non-hydrogen) atoms. The number of ether oxygens (including phenoxy) is 2. The van der Waals surface area contributed by atoms with E-state index in [1.54, 1.807) is 43.8 Å². The molecule has 10 nitrogen and oxygen atoms in total. The Labute approximate surface area is 220 Å². The number of rotatable bonds is 11. The Hall–Kier alpha value is -3.63. The second-order valence-electron chi connectivity index (χ2n) is 9.28. The number of anilines is 2. The molecular weight excluding hydrogens is 498 g/mol. The lowest BCUT2D eigenvalue weighted by Gasteiger charge is -2.23. The van der Waals surface area contributed by atoms with Crippen molar-refractivity contribution in [2.24, 2.45) is 12.5 Å². The summed E-state index contributed by atoms with van der Waals surface area (Å²) in [7, 11) is 3.25. The third-order valence-electron chi connectivity index (χ3n) is 5.58. The molecule has 3 aromatic rings. The fraction of sp³-hybridized carbons (Fsp3) is 0.385. The van der Waals surface area contributed by atoms with Crippen molar-refractivity contribution in [2.75, 3.05) is 24.4 Å². The summed E-state index contributed by atoms with van der Waals surface area (Å²) in [6.45, 7) is 5.91. The van der Waals surface area contributed by atoms with Crippen LogP contribution in [0.15, 0.2) is 47.4 Å². The molecular formula is C26H32ClN5O5. The molecule has 11 heteroatoms. The van der Waals surface area contributed by atoms with Gasteiger partial charge in [-0.05, 0) is 30.5 Å². The van der Waals surface area contributed by atoms with E-state index in [0.717, 1.165) is 0 Å². The van der Waals surface area contributed by atoms with Crippen molar-refractivity contribution in [1.82, 2.24) is 14.3 Å². The average molecular weight is 530 g/mol. The molecule has 0 saturated heterocycles. The highest BCUT2D eigenvalue weighted by molar-refractivity contribution is 6.30. The smallest absolute Gasteiger partial charge is 0.295 e. The fourth-order valence-corrected chi connectivity index (χ4v) is 4.17. The van der Waals surface area contributed by atoms with E-state index in [1.165, 1.54) is 18.0 Å². The van der Waals surface area contributed by atoms with E-state index in [2.05, 4.69) is 15.6 Å². The predicted octanol–water partition coefficient (Wildman–Crippen LogP) is 4.15. The van der Waals surface area contributed by atoms with Crippen molar-refractivity contribution < 1.29 is 19.1 Å². The molecule has 1 aromatic carbocycles. The van der Waals surface area contributed by atoms with Crippen molar-refractivity contribution in [3.8, 4) is 11.6 Å². The zero-order valence-electron chi connectivity index (χ0n) is 21.6. The van der Waals surface area contributed by atoms with E-state index in [4.69, 9.17) is 21.1 Å². The molecule has 2 amide bonds. The van der Waals surface area contributed by atoms with Crippen LogP contribution in [0.25, 0.3) is 5.69 Å². The highest BCUT2D eigenvalue weighted by Crippen LogP contribution is 2.29. The highest BCUT2D eigenvalue weighted by atomic mass is 35.5. The fourth-order valence-electron chi connectivity index (χ4n) is 4.01. The standard InChI is InChI=1S/C26H32ClN5O5/c1-6-37-24-19(12-17(27)15-28-24)29-21(33)13-26(2,3)14-22(34)30-23-20(16-36-5)31(4)32(25(23)35)18-10-8-7-9-11-18/h7-12,15H,6,13-14,16H2,1-5H3,(H,29,33)(H,30,34). The summed E-state index contributed by atoms with van der Waals surface area (Å²) < 4.78 is 13.9. The van der Waals surface area contributed by atoms with Gasteiger partial charge in [-0.15, -0.1) is 0 Å². The lowest BCUT2D eigenvalue weighted by Crippen LogP contribution is -2.29. The molecule has 0 unspecified atom stereocenters. The Morgan fingerprint density at radius 3 is 2.38 bits per heavy atom. The molecule has 3 rings (SSSR count). The molecule has 2 N–H and O–H groups in total. The van der Waals surface area contributed by atoms with Gasteiger partial charge in [-0.2, -0.15) is 0 Å². The SMILES string of the molecule is CCOc1ncc(Cl)cc1NC(=O)CC(C)(C)CC(=O)Nc1c(COC)n(C)n(-c2ccccc2)c1=O. The Bertz CT molecular complexity index is 1320. The number of halogens is 1. The van der Waals surface area contributed by atoms with E-state index in [1.807, 2.05) is 25.1 Å². The van der Waals surface area contributed by atoms with Crippen molar-refractivity contribution in [2.45, 2.75) is 40.2 Å². The number of aromatic nitrogens is 3. The number of methoxy groups -OCH3 is 1. The molecule has 2 heterocycles. The van der Waals surface area contributed by atoms with Crippen molar-refractivity contribution in [3.05, 3.63) is 63.7 Å². The Morgan fingerprint density at radius 1 is 1.11 bits per heavy atom. The van der Waals surface area contributed by atoms with Crippen molar-refractivity contribution >= 4 is 34.8 Å². The Balaban J connectivity index is 1.74. The first-order valence-electron chi connectivity index (χ1n) is 11.8. The molecule has 198 valence electrons. The quantitative estimate of drug-likeness (QED) is 0.385. The molecule has 2 aromatic heterocycles. The van der Waals surface area contributed by atoms with Crippen LogP contribution in [0.1, 0.15) is 39.3 Å². The van der Waals surface area contributed by atoms with Gasteiger partial charge in [-0.25, -0.2) is 9.67 Å². The van der Waals surface area contributed by atoms with Gasteiger partial charge in [0.1, 0.15) is 11.4 Å². The van der Waals surface area contributed by atoms with Crippen LogP contribution in [-0.2, 0) is 28.0 Å². The van der Waals surface area contributed by atoms with Crippen LogP contribution in [0, 0.1) is 5.41 Å². The molecule has 0 spiro atoms. The minimum absolute atomic E-state index is 0.00136. The molecule has 0 bridgehead atoms. The summed E-state index contributed by atoms with van der Waals surface area (Å²) in [5.74, 6) is -0.452. The third kappa shape index (κ3) is 6.99. The van der Waals surface area contributed by atoms with Gasteiger partial charge in [0.25, 0.3) is 5.56 Å². The lowest BCUT2D eigenvalue weighted by atomic mass is 9.85. The number of hydrogen-bond acceptors (Lipinski definition) is 6. The number of nitrogens with one attached hydrogen (secondary N) is 2. The number of carbonyl (C=O) groups excluding carboxylic acids is 2. The van der Waals surface area contributed by atoms with Crippen LogP contribution < -0.4 is 20.9 Å². The summed E-state index contributed by atoms with van der Waals surface area (Å²) in [5, 5.41) is 5.87. The van der Waals surface area contributed by atoms with Crippen LogP contribution in [0.3, 0.4) is 0 Å². The maximum Gasteiger partial charge on any atom is 0.295 e. The lowest BCUT2D eigenvalue weighted by molar-refractivity contribution is -0.120. The zero-order valence-corrected chi connectivity index (χ0v) is 22.4. The van der Waals surface area contributed by atoms with Crippen LogP contribution in [0.2, 0.25) is 5.02 Å². The monoisotopic (exact) mass is 529 g/mol. The van der Waals surface area contributed by atoms with E-state index in [9.17, 15) is 14.4 Å². The highest BCUT2D eigenvalue weighted by Gasteiger charge is 2.28. The van der Waals surface area contributed by atoms with Gasteiger partial charge in [0.15, 0.2) is 0 Å². The second-order valence-corrected chi connectivity index (χ2v) is 9.72. The first-order valence-corrected chi connectivity index (χ1v) is 12.2. The van der Waals surface area contributed by atoms with Crippen molar-refractivity contribution in [1.29, 1.82) is 0 Å². The second kappa shape index (κ2) is 12.1. The molecule has 0 aliphatic heterocycles. The average Bonchev–Trinajstić information content (AvgIpc) is 3.04. The van der Waals surface area contributed by atoms with Gasteiger partial charge in [-0.1, -0.05) is 43.6 Å². The number of hydrogen-bond donors (Lipinski definition) is 2. The molecule has 0 atom stereocenters. The topological polar surface area (TPSA) is 116 Å². The summed E-state index contributed by atoms with van der Waals surface area (Å²) in [5.41, 5.74) is 0.588. The summed E-state index contributed by atoms with van der Waals surface area (Å²) >= 11 is 6.02. The molecule has 0 aliphatic carbocycles. The number of pyridine rings is 1. The summed E-state index contributed by atoms with van der Waals surface area (Å²) in [4.78, 5) is 43.2. The van der Waals surface area contributed by atoms with Gasteiger partial charge in [-0.3, -0.25) is 19.1 Å². The predicted molar refractivity (Wildman–Crippen MR) is 142 cm³/mol. The van der Waals surface area contributed by atoms with E-state index in [0.29, 0.717) is 28.7 Å². The minimum atomic E-state index is -0.722. The third-order valence-corrected chi connectivity index (χ3v) is 5.79. The Morgan fingerprint density at radius 2 is 1.76 bits per heavy atom. The van der Waals surface area contributed by atoms with Gasteiger partial charge >= 0.3 is 0 Å². The summed E-state index contributed by atoms with van der Waals surface area (Å²) in [6.07, 6.45) is 1.47. The largest absolute Gasteiger partial charge is 0.476 e. The van der Waals surface area contributed by atoms with Crippen LogP contribution >= 0.6 is 11.6 Å².